The minimum absolute atomic E-state index is 0.206. The van der Waals surface area contributed by atoms with Crippen molar-refractivity contribution in [3.8, 4) is 0 Å². The average molecular weight is 330 g/mol. The molecule has 1 saturated carbocycles. The van der Waals surface area contributed by atoms with Crippen LogP contribution in [0.1, 0.15) is 30.1 Å². The molecule has 1 aliphatic carbocycles. The normalized spacial score (nSPS) is 20.6. The maximum absolute atomic E-state index is 9.43. The molecule has 0 amide bonds. The summed E-state index contributed by atoms with van der Waals surface area (Å²) in [6.07, 6.45) is 6.16. The number of rotatable bonds is 5. The summed E-state index contributed by atoms with van der Waals surface area (Å²) in [5.41, 5.74) is 7.75. The lowest BCUT2D eigenvalue weighted by Gasteiger charge is -2.30. The van der Waals surface area contributed by atoms with Crippen LogP contribution in [0.15, 0.2) is 23.8 Å². The molecule has 8 heteroatoms. The molecule has 23 heavy (non-hydrogen) atoms. The van der Waals surface area contributed by atoms with Gasteiger partial charge in [0.05, 0.1) is 17.5 Å². The quantitative estimate of drug-likeness (QED) is 0.658. The second-order valence-corrected chi connectivity index (χ2v) is 6.73. The Labute approximate surface area is 137 Å². The van der Waals surface area contributed by atoms with Gasteiger partial charge in [-0.3, -0.25) is 4.40 Å². The maximum Gasteiger partial charge on any atom is 0.222 e. The van der Waals surface area contributed by atoms with E-state index in [-0.39, 0.29) is 18.0 Å². The van der Waals surface area contributed by atoms with Gasteiger partial charge in [0, 0.05) is 42.7 Å². The predicted octanol–water partition coefficient (Wildman–Crippen LogP) is 1.66. The lowest BCUT2D eigenvalue weighted by molar-refractivity contribution is 0.0732. The molecule has 7 nitrogen and oxygen atoms in total. The fraction of sp³-hybridized carbons (Fsp3) is 0.400. The van der Waals surface area contributed by atoms with E-state index in [4.69, 9.17) is 5.73 Å². The van der Waals surface area contributed by atoms with E-state index >= 15 is 0 Å². The molecule has 1 aliphatic rings. The van der Waals surface area contributed by atoms with Crippen molar-refractivity contribution < 1.29 is 5.11 Å². The Morgan fingerprint density at radius 1 is 1.35 bits per heavy atom. The van der Waals surface area contributed by atoms with Crippen molar-refractivity contribution in [1.82, 2.24) is 19.4 Å². The lowest BCUT2D eigenvalue weighted by atomic mass is 9.80. The van der Waals surface area contributed by atoms with Crippen molar-refractivity contribution in [1.29, 1.82) is 0 Å². The molecule has 0 spiro atoms. The van der Waals surface area contributed by atoms with Gasteiger partial charge >= 0.3 is 0 Å². The molecule has 0 bridgehead atoms. The zero-order valence-corrected chi connectivity index (χ0v) is 13.3. The number of nitrogens with two attached hydrogens (primary N) is 1. The van der Waals surface area contributed by atoms with Crippen LogP contribution in [0.2, 0.25) is 0 Å². The number of nitrogens with zero attached hydrogens (tertiary/aromatic N) is 4. The summed E-state index contributed by atoms with van der Waals surface area (Å²) in [6.45, 7) is 0.730. The number of aliphatic hydroxyl groups excluding tert-OH is 1. The third kappa shape index (κ3) is 2.99. The van der Waals surface area contributed by atoms with Crippen molar-refractivity contribution in [2.45, 2.75) is 31.3 Å². The Morgan fingerprint density at radius 2 is 2.22 bits per heavy atom. The molecule has 0 atom stereocenters. The van der Waals surface area contributed by atoms with Gasteiger partial charge < -0.3 is 16.2 Å². The molecule has 0 radical (unpaired) electrons. The molecule has 3 aromatic heterocycles. The zero-order valence-electron chi connectivity index (χ0n) is 12.5. The SMILES string of the molecule is Nc1nc(NCCc2cn3ccsc3n2)cc(C2CC(O)C2)n1. The van der Waals surface area contributed by atoms with E-state index in [0.29, 0.717) is 0 Å². The highest BCUT2D eigenvalue weighted by molar-refractivity contribution is 7.15. The van der Waals surface area contributed by atoms with E-state index in [1.54, 1.807) is 11.3 Å². The number of hydrogen-bond donors (Lipinski definition) is 3. The van der Waals surface area contributed by atoms with Crippen molar-refractivity contribution in [3.05, 3.63) is 35.2 Å². The van der Waals surface area contributed by atoms with Crippen LogP contribution in [0.25, 0.3) is 4.96 Å². The number of hydrogen-bond acceptors (Lipinski definition) is 7. The monoisotopic (exact) mass is 330 g/mol. The highest BCUT2D eigenvalue weighted by Crippen LogP contribution is 2.36. The molecule has 4 N–H and O–H groups in total. The van der Waals surface area contributed by atoms with Gasteiger partial charge in [0.2, 0.25) is 5.95 Å². The number of nitrogen functional groups attached to an aromatic ring is 1. The molecule has 0 aromatic carbocycles. The molecule has 3 heterocycles. The van der Waals surface area contributed by atoms with Gasteiger partial charge in [-0.1, -0.05) is 0 Å². The van der Waals surface area contributed by atoms with Crippen LogP contribution in [0.5, 0.6) is 0 Å². The molecule has 0 saturated heterocycles. The van der Waals surface area contributed by atoms with Crippen LogP contribution in [-0.4, -0.2) is 37.1 Å². The molecule has 120 valence electrons. The minimum atomic E-state index is -0.206. The Bertz CT molecular complexity index is 794. The fourth-order valence-corrected chi connectivity index (χ4v) is 3.55. The van der Waals surface area contributed by atoms with E-state index in [9.17, 15) is 5.11 Å². The number of fused-ring (bicyclic) bond motifs is 1. The number of thiazole rings is 1. The summed E-state index contributed by atoms with van der Waals surface area (Å²) >= 11 is 1.63. The standard InChI is InChI=1S/C15H18N6OS/c16-14-19-12(9-5-11(22)6-9)7-13(20-14)17-2-1-10-8-21-3-4-23-15(21)18-10/h3-4,7-9,11,22H,1-2,5-6H2,(H3,16,17,19,20). The predicted molar refractivity (Wildman–Crippen MR) is 89.7 cm³/mol. The van der Waals surface area contributed by atoms with Crippen LogP contribution >= 0.6 is 11.3 Å². The van der Waals surface area contributed by atoms with E-state index in [0.717, 1.165) is 48.0 Å². The highest BCUT2D eigenvalue weighted by Gasteiger charge is 2.30. The number of nitrogens with one attached hydrogen (secondary N) is 1. The third-order valence-corrected chi connectivity index (χ3v) is 4.90. The Morgan fingerprint density at radius 3 is 3.00 bits per heavy atom. The first-order valence-electron chi connectivity index (χ1n) is 7.65. The molecular formula is C15H18N6OS. The highest BCUT2D eigenvalue weighted by atomic mass is 32.1. The van der Waals surface area contributed by atoms with Crippen molar-refractivity contribution >= 4 is 28.1 Å². The van der Waals surface area contributed by atoms with E-state index in [1.165, 1.54) is 0 Å². The summed E-state index contributed by atoms with van der Waals surface area (Å²) in [5, 5.41) is 14.7. The second-order valence-electron chi connectivity index (χ2n) is 5.86. The Kier molecular flexibility index (Phi) is 3.62. The first-order chi connectivity index (χ1) is 11.2. The fourth-order valence-electron chi connectivity index (χ4n) is 2.83. The summed E-state index contributed by atoms with van der Waals surface area (Å²) in [7, 11) is 0. The Balaban J connectivity index is 1.39. The Hall–Kier alpha value is -2.19. The van der Waals surface area contributed by atoms with Gasteiger partial charge in [-0.15, -0.1) is 11.3 Å². The summed E-state index contributed by atoms with van der Waals surface area (Å²) in [6, 6.07) is 1.93. The van der Waals surface area contributed by atoms with Gasteiger partial charge in [-0.05, 0) is 12.8 Å². The second kappa shape index (κ2) is 5.78. The van der Waals surface area contributed by atoms with Gasteiger partial charge in [0.1, 0.15) is 5.82 Å². The first-order valence-corrected chi connectivity index (χ1v) is 8.53. The number of imidazole rings is 1. The topological polar surface area (TPSA) is 101 Å². The average Bonchev–Trinajstić information content (AvgIpc) is 3.04. The number of aromatic nitrogens is 4. The van der Waals surface area contributed by atoms with E-state index < -0.39 is 0 Å². The molecule has 0 unspecified atom stereocenters. The lowest BCUT2D eigenvalue weighted by Crippen LogP contribution is -2.27. The largest absolute Gasteiger partial charge is 0.393 e. The van der Waals surface area contributed by atoms with Gasteiger partial charge in [-0.25, -0.2) is 9.97 Å². The molecule has 4 rings (SSSR count). The van der Waals surface area contributed by atoms with Gasteiger partial charge in [0.25, 0.3) is 0 Å². The van der Waals surface area contributed by atoms with Crippen LogP contribution in [0.3, 0.4) is 0 Å². The van der Waals surface area contributed by atoms with Gasteiger partial charge in [-0.2, -0.15) is 4.98 Å². The van der Waals surface area contributed by atoms with E-state index in [2.05, 4.69) is 20.3 Å². The summed E-state index contributed by atoms with van der Waals surface area (Å²) < 4.78 is 2.03. The van der Waals surface area contributed by atoms with Crippen molar-refractivity contribution in [3.63, 3.8) is 0 Å². The van der Waals surface area contributed by atoms with Crippen LogP contribution in [-0.2, 0) is 6.42 Å². The summed E-state index contributed by atoms with van der Waals surface area (Å²) in [4.78, 5) is 14.1. The van der Waals surface area contributed by atoms with E-state index in [1.807, 2.05) is 28.2 Å². The number of aliphatic hydroxyl groups is 1. The van der Waals surface area contributed by atoms with Crippen LogP contribution in [0, 0.1) is 0 Å². The molecule has 1 fully saturated rings. The molecular weight excluding hydrogens is 312 g/mol. The zero-order chi connectivity index (χ0) is 15.8. The van der Waals surface area contributed by atoms with Gasteiger partial charge in [0.15, 0.2) is 4.96 Å². The number of anilines is 2. The van der Waals surface area contributed by atoms with Crippen molar-refractivity contribution in [2.75, 3.05) is 17.6 Å². The van der Waals surface area contributed by atoms with Crippen LogP contribution < -0.4 is 11.1 Å². The maximum atomic E-state index is 9.43. The summed E-state index contributed by atoms with van der Waals surface area (Å²) in [5.74, 6) is 1.29. The minimum Gasteiger partial charge on any atom is -0.393 e. The third-order valence-electron chi connectivity index (χ3n) is 4.13. The molecule has 3 aromatic rings. The molecule has 0 aliphatic heterocycles. The van der Waals surface area contributed by atoms with Crippen LogP contribution in [0.4, 0.5) is 11.8 Å². The smallest absolute Gasteiger partial charge is 0.222 e. The first kappa shape index (κ1) is 14.4. The van der Waals surface area contributed by atoms with Crippen molar-refractivity contribution in [2.24, 2.45) is 0 Å².